The van der Waals surface area contributed by atoms with Crippen molar-refractivity contribution in [2.24, 2.45) is 11.0 Å². The van der Waals surface area contributed by atoms with E-state index in [0.717, 1.165) is 18.1 Å². The lowest BCUT2D eigenvalue weighted by atomic mass is 10.0. The van der Waals surface area contributed by atoms with Gasteiger partial charge in [0.05, 0.1) is 6.42 Å². The average Bonchev–Trinajstić information content (AvgIpc) is 2.96. The van der Waals surface area contributed by atoms with Gasteiger partial charge >= 0.3 is 6.09 Å². The third-order valence-corrected chi connectivity index (χ3v) is 3.82. The maximum Gasteiger partial charge on any atom is 0.404 e. The van der Waals surface area contributed by atoms with E-state index in [2.05, 4.69) is 10.4 Å². The molecule has 0 atom stereocenters. The number of hydrazone groups is 1. The predicted molar refractivity (Wildman–Crippen MR) is 71.0 cm³/mol. The van der Waals surface area contributed by atoms with E-state index in [0.29, 0.717) is 25.9 Å². The Labute approximate surface area is 112 Å². The second kappa shape index (κ2) is 6.54. The standard InChI is InChI=1S/C13H21N3O3/c17-12-9-11(5-7-14-13(18)19)15-16(12)8-6-10-3-1-2-4-10/h10,14H,1-9H2,(H,18,19). The van der Waals surface area contributed by atoms with Gasteiger partial charge in [-0.25, -0.2) is 9.80 Å². The maximum absolute atomic E-state index is 11.8. The Bertz CT molecular complexity index is 375. The number of rotatable bonds is 6. The molecule has 0 aromatic rings. The number of carboxylic acid groups (broad SMARTS) is 1. The van der Waals surface area contributed by atoms with Crippen LogP contribution in [0.5, 0.6) is 0 Å². The fourth-order valence-electron chi connectivity index (χ4n) is 2.76. The van der Waals surface area contributed by atoms with Crippen LogP contribution in [-0.2, 0) is 4.79 Å². The van der Waals surface area contributed by atoms with Crippen LogP contribution in [0.1, 0.15) is 44.9 Å². The van der Waals surface area contributed by atoms with Gasteiger partial charge in [0, 0.05) is 25.2 Å². The topological polar surface area (TPSA) is 82.0 Å². The Morgan fingerprint density at radius 3 is 2.84 bits per heavy atom. The summed E-state index contributed by atoms with van der Waals surface area (Å²) in [5, 5.41) is 16.6. The van der Waals surface area contributed by atoms with Crippen molar-refractivity contribution < 1.29 is 14.7 Å². The summed E-state index contributed by atoms with van der Waals surface area (Å²) in [6, 6.07) is 0. The Balaban J connectivity index is 1.72. The third kappa shape index (κ3) is 4.22. The summed E-state index contributed by atoms with van der Waals surface area (Å²) in [6.07, 6.45) is 6.03. The molecule has 0 bridgehead atoms. The Morgan fingerprint density at radius 2 is 2.16 bits per heavy atom. The number of nitrogens with zero attached hydrogens (tertiary/aromatic N) is 2. The first kappa shape index (κ1) is 13.8. The molecular weight excluding hydrogens is 246 g/mol. The summed E-state index contributed by atoms with van der Waals surface area (Å²) in [5.74, 6) is 0.795. The highest BCUT2D eigenvalue weighted by atomic mass is 16.4. The summed E-state index contributed by atoms with van der Waals surface area (Å²) in [4.78, 5) is 22.1. The van der Waals surface area contributed by atoms with Gasteiger partial charge in [-0.05, 0) is 12.3 Å². The average molecular weight is 267 g/mol. The Kier molecular flexibility index (Phi) is 4.76. The summed E-state index contributed by atoms with van der Waals surface area (Å²) < 4.78 is 0. The molecule has 1 saturated carbocycles. The maximum atomic E-state index is 11.8. The minimum Gasteiger partial charge on any atom is -0.465 e. The van der Waals surface area contributed by atoms with Crippen LogP contribution in [-0.4, -0.2) is 40.9 Å². The van der Waals surface area contributed by atoms with Crippen molar-refractivity contribution in [3.05, 3.63) is 0 Å². The van der Waals surface area contributed by atoms with E-state index in [1.165, 1.54) is 25.7 Å². The van der Waals surface area contributed by atoms with Crippen LogP contribution in [0, 0.1) is 5.92 Å². The van der Waals surface area contributed by atoms with E-state index in [4.69, 9.17) is 5.11 Å². The Morgan fingerprint density at radius 1 is 1.42 bits per heavy atom. The molecule has 0 saturated heterocycles. The SMILES string of the molecule is O=C(O)NCCC1=NN(CCC2CCCC2)C(=O)C1. The van der Waals surface area contributed by atoms with Gasteiger partial charge in [-0.3, -0.25) is 4.79 Å². The Hall–Kier alpha value is -1.59. The fraction of sp³-hybridized carbons (Fsp3) is 0.769. The summed E-state index contributed by atoms with van der Waals surface area (Å²) in [5.41, 5.74) is 0.783. The molecular formula is C13H21N3O3. The van der Waals surface area contributed by atoms with Gasteiger partial charge in [-0.2, -0.15) is 5.10 Å². The highest BCUT2D eigenvalue weighted by Gasteiger charge is 2.24. The molecule has 1 fully saturated rings. The van der Waals surface area contributed by atoms with Gasteiger partial charge in [0.25, 0.3) is 0 Å². The normalized spacial score (nSPS) is 19.9. The molecule has 0 radical (unpaired) electrons. The number of carbonyl (C=O) groups is 2. The largest absolute Gasteiger partial charge is 0.465 e. The van der Waals surface area contributed by atoms with Gasteiger partial charge in [0.1, 0.15) is 0 Å². The molecule has 6 nitrogen and oxygen atoms in total. The van der Waals surface area contributed by atoms with Crippen molar-refractivity contribution in [1.82, 2.24) is 10.3 Å². The molecule has 0 aromatic carbocycles. The van der Waals surface area contributed by atoms with Crippen molar-refractivity contribution in [3.8, 4) is 0 Å². The van der Waals surface area contributed by atoms with Gasteiger partial charge in [-0.1, -0.05) is 25.7 Å². The molecule has 2 rings (SSSR count). The van der Waals surface area contributed by atoms with Crippen LogP contribution in [0.2, 0.25) is 0 Å². The molecule has 6 heteroatoms. The molecule has 2 aliphatic rings. The minimum absolute atomic E-state index is 0.0447. The number of hydrogen-bond acceptors (Lipinski definition) is 3. The first-order valence-electron chi connectivity index (χ1n) is 6.98. The highest BCUT2D eigenvalue weighted by molar-refractivity contribution is 6.05. The highest BCUT2D eigenvalue weighted by Crippen LogP contribution is 2.28. The van der Waals surface area contributed by atoms with Crippen LogP contribution in [0.4, 0.5) is 4.79 Å². The summed E-state index contributed by atoms with van der Waals surface area (Å²) >= 11 is 0. The zero-order valence-electron chi connectivity index (χ0n) is 11.1. The molecule has 0 spiro atoms. The number of hydrogen-bond donors (Lipinski definition) is 2. The van der Waals surface area contributed by atoms with Crippen LogP contribution in [0.25, 0.3) is 0 Å². The molecule has 0 aromatic heterocycles. The predicted octanol–water partition coefficient (Wildman–Crippen LogP) is 1.81. The fourth-order valence-corrected chi connectivity index (χ4v) is 2.76. The van der Waals surface area contributed by atoms with Gasteiger partial charge in [0.15, 0.2) is 0 Å². The number of amides is 2. The van der Waals surface area contributed by atoms with E-state index in [1.54, 1.807) is 5.01 Å². The lowest BCUT2D eigenvalue weighted by molar-refractivity contribution is -0.128. The van der Waals surface area contributed by atoms with E-state index >= 15 is 0 Å². The van der Waals surface area contributed by atoms with E-state index in [9.17, 15) is 9.59 Å². The smallest absolute Gasteiger partial charge is 0.404 e. The van der Waals surface area contributed by atoms with E-state index in [1.807, 2.05) is 0 Å². The first-order valence-corrected chi connectivity index (χ1v) is 6.98. The summed E-state index contributed by atoms with van der Waals surface area (Å²) in [7, 11) is 0. The molecule has 19 heavy (non-hydrogen) atoms. The zero-order chi connectivity index (χ0) is 13.7. The molecule has 2 N–H and O–H groups in total. The lowest BCUT2D eigenvalue weighted by Crippen LogP contribution is -2.23. The van der Waals surface area contributed by atoms with Crippen LogP contribution >= 0.6 is 0 Å². The van der Waals surface area contributed by atoms with E-state index < -0.39 is 6.09 Å². The monoisotopic (exact) mass is 267 g/mol. The van der Waals surface area contributed by atoms with Crippen molar-refractivity contribution >= 4 is 17.7 Å². The quantitative estimate of drug-likeness (QED) is 0.770. The minimum atomic E-state index is -1.04. The van der Waals surface area contributed by atoms with E-state index in [-0.39, 0.29) is 5.91 Å². The number of nitrogens with one attached hydrogen (secondary N) is 1. The molecule has 0 unspecified atom stereocenters. The van der Waals surface area contributed by atoms with Crippen LogP contribution in [0.3, 0.4) is 0 Å². The van der Waals surface area contributed by atoms with Gasteiger partial charge in [0.2, 0.25) is 5.91 Å². The van der Waals surface area contributed by atoms with Crippen molar-refractivity contribution in [2.75, 3.05) is 13.1 Å². The third-order valence-electron chi connectivity index (χ3n) is 3.82. The molecule has 1 aliphatic heterocycles. The molecule has 1 aliphatic carbocycles. The van der Waals surface area contributed by atoms with Crippen molar-refractivity contribution in [2.45, 2.75) is 44.9 Å². The van der Waals surface area contributed by atoms with Gasteiger partial charge < -0.3 is 10.4 Å². The molecule has 2 amide bonds. The lowest BCUT2D eigenvalue weighted by Gasteiger charge is -2.14. The zero-order valence-corrected chi connectivity index (χ0v) is 11.1. The van der Waals surface area contributed by atoms with Crippen LogP contribution in [0.15, 0.2) is 5.10 Å². The second-order valence-electron chi connectivity index (χ2n) is 5.28. The van der Waals surface area contributed by atoms with Crippen molar-refractivity contribution in [1.29, 1.82) is 0 Å². The van der Waals surface area contributed by atoms with Gasteiger partial charge in [-0.15, -0.1) is 0 Å². The number of carbonyl (C=O) groups excluding carboxylic acids is 1. The van der Waals surface area contributed by atoms with Crippen molar-refractivity contribution in [3.63, 3.8) is 0 Å². The second-order valence-corrected chi connectivity index (χ2v) is 5.28. The molecule has 106 valence electrons. The first-order chi connectivity index (χ1) is 9.15. The van der Waals surface area contributed by atoms with Crippen LogP contribution < -0.4 is 5.32 Å². The summed E-state index contributed by atoms with van der Waals surface area (Å²) in [6.45, 7) is 1.03. The molecule has 1 heterocycles.